The van der Waals surface area contributed by atoms with E-state index in [9.17, 15) is 0 Å². The molecule has 0 unspecified atom stereocenters. The predicted molar refractivity (Wildman–Crippen MR) is 91.6 cm³/mol. The molecule has 1 heterocycles. The Bertz CT molecular complexity index is 396. The van der Waals surface area contributed by atoms with Gasteiger partial charge < -0.3 is 4.74 Å². The topological polar surface area (TPSA) is 22.1 Å². The maximum absolute atomic E-state index is 5.44. The first-order valence-corrected chi connectivity index (χ1v) is 8.25. The average molecular weight is 287 g/mol. The highest BCUT2D eigenvalue weighted by atomic mass is 16.5. The Hall–Kier alpha value is -1.41. The van der Waals surface area contributed by atoms with Crippen molar-refractivity contribution < 1.29 is 4.74 Å². The summed E-state index contributed by atoms with van der Waals surface area (Å²) in [6.07, 6.45) is 11.4. The summed E-state index contributed by atoms with van der Waals surface area (Å²) in [5.74, 6) is 0. The molecule has 116 valence electrons. The van der Waals surface area contributed by atoms with Gasteiger partial charge >= 0.3 is 0 Å². The first-order valence-electron chi connectivity index (χ1n) is 8.25. The summed E-state index contributed by atoms with van der Waals surface area (Å²) in [7, 11) is 0. The molecule has 0 saturated heterocycles. The summed E-state index contributed by atoms with van der Waals surface area (Å²) in [6.45, 7) is 6.38. The zero-order chi connectivity index (χ0) is 15.2. The SMILES string of the molecule is CCCCCOCCCCC.c1ccc2cnccc2c1. The fourth-order valence-electron chi connectivity index (χ4n) is 2.04. The fraction of sp³-hybridized carbons (Fsp3) is 0.526. The number of fused-ring (bicyclic) bond motifs is 1. The zero-order valence-electron chi connectivity index (χ0n) is 13.6. The van der Waals surface area contributed by atoms with Gasteiger partial charge in [0.05, 0.1) is 0 Å². The number of nitrogens with zero attached hydrogens (tertiary/aromatic N) is 1. The highest BCUT2D eigenvalue weighted by molar-refractivity contribution is 5.80. The molecule has 0 amide bonds. The minimum Gasteiger partial charge on any atom is -0.381 e. The molecule has 0 spiro atoms. The van der Waals surface area contributed by atoms with Crippen LogP contribution in [0.15, 0.2) is 42.7 Å². The van der Waals surface area contributed by atoms with Gasteiger partial charge in [0.15, 0.2) is 0 Å². The van der Waals surface area contributed by atoms with E-state index >= 15 is 0 Å². The van der Waals surface area contributed by atoms with Crippen LogP contribution in [0, 0.1) is 0 Å². The van der Waals surface area contributed by atoms with E-state index in [0.29, 0.717) is 0 Å². The monoisotopic (exact) mass is 287 g/mol. The molecule has 0 aliphatic carbocycles. The molecule has 0 aliphatic rings. The van der Waals surface area contributed by atoms with Gasteiger partial charge in [-0.3, -0.25) is 4.98 Å². The number of benzene rings is 1. The van der Waals surface area contributed by atoms with E-state index in [1.807, 2.05) is 30.6 Å². The summed E-state index contributed by atoms with van der Waals surface area (Å²) < 4.78 is 5.44. The van der Waals surface area contributed by atoms with Crippen LogP contribution in [0.5, 0.6) is 0 Å². The van der Waals surface area contributed by atoms with Crippen LogP contribution in [0.25, 0.3) is 10.8 Å². The lowest BCUT2D eigenvalue weighted by atomic mass is 10.2. The highest BCUT2D eigenvalue weighted by Gasteiger charge is 1.88. The molecule has 2 heteroatoms. The number of ether oxygens (including phenoxy) is 1. The van der Waals surface area contributed by atoms with E-state index < -0.39 is 0 Å². The van der Waals surface area contributed by atoms with Gasteiger partial charge in [0, 0.05) is 25.6 Å². The van der Waals surface area contributed by atoms with E-state index in [1.54, 1.807) is 0 Å². The van der Waals surface area contributed by atoms with Crippen LogP contribution in [-0.2, 0) is 4.74 Å². The fourth-order valence-corrected chi connectivity index (χ4v) is 2.04. The predicted octanol–water partition coefficient (Wildman–Crippen LogP) is 5.62. The Morgan fingerprint density at radius 1 is 0.810 bits per heavy atom. The molecule has 2 rings (SSSR count). The standard InChI is InChI=1S/C10H22O.C9H7N/c1-3-5-7-9-11-10-8-6-4-2;1-2-4-9-7-10-6-5-8(9)3-1/h3-10H2,1-2H3;1-7H. The minimum atomic E-state index is 0.970. The van der Waals surface area contributed by atoms with E-state index in [4.69, 9.17) is 4.74 Å². The van der Waals surface area contributed by atoms with Crippen molar-refractivity contribution in [2.45, 2.75) is 52.4 Å². The van der Waals surface area contributed by atoms with E-state index in [1.165, 1.54) is 49.3 Å². The molecule has 21 heavy (non-hydrogen) atoms. The third kappa shape index (κ3) is 8.46. The Morgan fingerprint density at radius 3 is 2.00 bits per heavy atom. The second-order valence-corrected chi connectivity index (χ2v) is 5.25. The minimum absolute atomic E-state index is 0.970. The van der Waals surface area contributed by atoms with Gasteiger partial charge in [0.2, 0.25) is 0 Å². The molecule has 1 aromatic carbocycles. The molecule has 0 N–H and O–H groups in total. The summed E-state index contributed by atoms with van der Waals surface area (Å²) in [5.41, 5.74) is 0. The Labute approximate surface area is 129 Å². The van der Waals surface area contributed by atoms with E-state index in [-0.39, 0.29) is 0 Å². The molecule has 2 aromatic rings. The van der Waals surface area contributed by atoms with Gasteiger partial charge in [0.1, 0.15) is 0 Å². The Kier molecular flexibility index (Phi) is 10.4. The van der Waals surface area contributed by atoms with Crippen molar-refractivity contribution in [2.75, 3.05) is 13.2 Å². The van der Waals surface area contributed by atoms with E-state index in [0.717, 1.165) is 13.2 Å². The molecular weight excluding hydrogens is 258 g/mol. The van der Waals surface area contributed by atoms with Crippen LogP contribution in [0.3, 0.4) is 0 Å². The largest absolute Gasteiger partial charge is 0.381 e. The van der Waals surface area contributed by atoms with Crippen molar-refractivity contribution in [3.05, 3.63) is 42.7 Å². The van der Waals surface area contributed by atoms with Gasteiger partial charge in [-0.25, -0.2) is 0 Å². The smallest absolute Gasteiger partial charge is 0.0466 e. The van der Waals surface area contributed by atoms with E-state index in [2.05, 4.69) is 31.0 Å². The van der Waals surface area contributed by atoms with Crippen molar-refractivity contribution in [3.63, 3.8) is 0 Å². The molecule has 0 radical (unpaired) electrons. The summed E-state index contributed by atoms with van der Waals surface area (Å²) >= 11 is 0. The van der Waals surface area contributed by atoms with Gasteiger partial charge in [0.25, 0.3) is 0 Å². The zero-order valence-corrected chi connectivity index (χ0v) is 13.6. The van der Waals surface area contributed by atoms with Crippen molar-refractivity contribution in [3.8, 4) is 0 Å². The third-order valence-electron chi connectivity index (χ3n) is 3.33. The van der Waals surface area contributed by atoms with Crippen LogP contribution in [0.2, 0.25) is 0 Å². The molecule has 2 nitrogen and oxygen atoms in total. The van der Waals surface area contributed by atoms with Crippen molar-refractivity contribution >= 4 is 10.8 Å². The van der Waals surface area contributed by atoms with Gasteiger partial charge in [-0.1, -0.05) is 63.8 Å². The highest BCUT2D eigenvalue weighted by Crippen LogP contribution is 2.09. The van der Waals surface area contributed by atoms with Crippen LogP contribution in [0.4, 0.5) is 0 Å². The average Bonchev–Trinajstić information content (AvgIpc) is 2.55. The molecule has 0 fully saturated rings. The summed E-state index contributed by atoms with van der Waals surface area (Å²) in [4.78, 5) is 4.01. The lowest BCUT2D eigenvalue weighted by Gasteiger charge is -2.01. The van der Waals surface area contributed by atoms with Crippen LogP contribution in [0.1, 0.15) is 52.4 Å². The molecular formula is C19H29NO. The number of aromatic nitrogens is 1. The first-order chi connectivity index (χ1) is 10.4. The summed E-state index contributed by atoms with van der Waals surface area (Å²) in [6, 6.07) is 10.2. The Morgan fingerprint density at radius 2 is 1.43 bits per heavy atom. The first kappa shape index (κ1) is 17.6. The lowest BCUT2D eigenvalue weighted by molar-refractivity contribution is 0.126. The second-order valence-electron chi connectivity index (χ2n) is 5.25. The molecule has 0 bridgehead atoms. The lowest BCUT2D eigenvalue weighted by Crippen LogP contribution is -1.96. The number of pyridine rings is 1. The maximum atomic E-state index is 5.44. The van der Waals surface area contributed by atoms with Crippen molar-refractivity contribution in [2.24, 2.45) is 0 Å². The number of hydrogen-bond acceptors (Lipinski definition) is 2. The van der Waals surface area contributed by atoms with Crippen LogP contribution >= 0.6 is 0 Å². The van der Waals surface area contributed by atoms with Gasteiger partial charge in [-0.15, -0.1) is 0 Å². The van der Waals surface area contributed by atoms with Crippen molar-refractivity contribution in [1.82, 2.24) is 4.98 Å². The van der Waals surface area contributed by atoms with Crippen LogP contribution < -0.4 is 0 Å². The van der Waals surface area contributed by atoms with Crippen molar-refractivity contribution in [1.29, 1.82) is 0 Å². The molecule has 0 saturated carbocycles. The Balaban J connectivity index is 0.000000210. The molecule has 0 aliphatic heterocycles. The third-order valence-corrected chi connectivity index (χ3v) is 3.33. The molecule has 0 atom stereocenters. The second kappa shape index (κ2) is 12.3. The normalized spacial score (nSPS) is 10.2. The molecule has 1 aromatic heterocycles. The quantitative estimate of drug-likeness (QED) is 0.588. The van der Waals surface area contributed by atoms with Gasteiger partial charge in [-0.05, 0) is 29.7 Å². The number of rotatable bonds is 8. The number of unbranched alkanes of at least 4 members (excludes halogenated alkanes) is 4. The maximum Gasteiger partial charge on any atom is 0.0466 e. The summed E-state index contributed by atoms with van der Waals surface area (Å²) in [5, 5.41) is 2.45. The number of hydrogen-bond donors (Lipinski definition) is 0. The van der Waals surface area contributed by atoms with Gasteiger partial charge in [-0.2, -0.15) is 0 Å². The van der Waals surface area contributed by atoms with Crippen LogP contribution in [-0.4, -0.2) is 18.2 Å².